The number of halogens is 1. The molecule has 1 atom stereocenters. The summed E-state index contributed by atoms with van der Waals surface area (Å²) in [5, 5.41) is 7.02. The summed E-state index contributed by atoms with van der Waals surface area (Å²) in [6.07, 6.45) is 1.06. The summed E-state index contributed by atoms with van der Waals surface area (Å²) in [5.74, 6) is 2.79. The van der Waals surface area contributed by atoms with Gasteiger partial charge < -0.3 is 24.8 Å². The molecule has 0 amide bonds. The Morgan fingerprint density at radius 3 is 2.77 bits per heavy atom. The Hall–Kier alpha value is -2.49. The van der Waals surface area contributed by atoms with Crippen LogP contribution in [0, 0.1) is 6.92 Å². The zero-order chi connectivity index (χ0) is 20.9. The number of aliphatic imine (C=N–C) groups is 1. The number of hydrogen-bond donors (Lipinski definition) is 2. The molecule has 0 bridgehead atoms. The van der Waals surface area contributed by atoms with Gasteiger partial charge in [0.1, 0.15) is 11.6 Å². The summed E-state index contributed by atoms with van der Waals surface area (Å²) < 4.78 is 7.76. The second-order valence-corrected chi connectivity index (χ2v) is 7.55. The van der Waals surface area contributed by atoms with Crippen molar-refractivity contribution < 1.29 is 4.74 Å². The monoisotopic (exact) mass is 534 g/mol. The summed E-state index contributed by atoms with van der Waals surface area (Å²) >= 11 is 0. The highest BCUT2D eigenvalue weighted by atomic mass is 127. The SMILES string of the molecule is CN=C(NCCn1c(C)nc2ccccc21)NC1CCN(c2ccccc2OC)C1.I. The van der Waals surface area contributed by atoms with E-state index >= 15 is 0 Å². The van der Waals surface area contributed by atoms with E-state index in [9.17, 15) is 0 Å². The number of hydrogen-bond acceptors (Lipinski definition) is 4. The molecular formula is C23H31IN6O. The molecule has 2 aromatic carbocycles. The minimum atomic E-state index is 0. The number of imidazole rings is 1. The molecule has 0 aliphatic carbocycles. The number of fused-ring (bicyclic) bond motifs is 1. The van der Waals surface area contributed by atoms with Crippen LogP contribution in [0.4, 0.5) is 5.69 Å². The molecule has 3 aromatic rings. The number of aromatic nitrogens is 2. The van der Waals surface area contributed by atoms with E-state index in [0.29, 0.717) is 6.04 Å². The maximum Gasteiger partial charge on any atom is 0.191 e. The lowest BCUT2D eigenvalue weighted by molar-refractivity contribution is 0.415. The van der Waals surface area contributed by atoms with Crippen LogP contribution in [0.25, 0.3) is 11.0 Å². The van der Waals surface area contributed by atoms with E-state index in [1.807, 2.05) is 25.2 Å². The van der Waals surface area contributed by atoms with Crippen molar-refractivity contribution in [2.24, 2.45) is 4.99 Å². The fourth-order valence-electron chi connectivity index (χ4n) is 4.14. The molecule has 1 aromatic heterocycles. The Morgan fingerprint density at radius 1 is 1.19 bits per heavy atom. The van der Waals surface area contributed by atoms with Gasteiger partial charge in [0.25, 0.3) is 0 Å². The standard InChI is InChI=1S/C23H30N6O.HI/c1-17-26-19-8-4-5-9-20(19)29(17)15-13-25-23(24-2)27-18-12-14-28(16-18)21-10-6-7-11-22(21)30-3;/h4-11,18H,12-16H2,1-3H3,(H2,24,25,27);1H. The van der Waals surface area contributed by atoms with E-state index in [4.69, 9.17) is 4.74 Å². The number of ether oxygens (including phenoxy) is 1. The van der Waals surface area contributed by atoms with Gasteiger partial charge in [0.2, 0.25) is 0 Å². The van der Waals surface area contributed by atoms with Crippen LogP contribution < -0.4 is 20.3 Å². The maximum absolute atomic E-state index is 5.52. The third kappa shape index (κ3) is 5.23. The van der Waals surface area contributed by atoms with Crippen molar-refractivity contribution >= 4 is 46.7 Å². The minimum Gasteiger partial charge on any atom is -0.495 e. The van der Waals surface area contributed by atoms with Crippen molar-refractivity contribution in [3.8, 4) is 5.75 Å². The van der Waals surface area contributed by atoms with Gasteiger partial charge in [-0.15, -0.1) is 24.0 Å². The zero-order valence-electron chi connectivity index (χ0n) is 18.3. The number of methoxy groups -OCH3 is 1. The highest BCUT2D eigenvalue weighted by Crippen LogP contribution is 2.30. The predicted octanol–water partition coefficient (Wildman–Crippen LogP) is 3.42. The smallest absolute Gasteiger partial charge is 0.191 e. The molecule has 4 rings (SSSR count). The summed E-state index contributed by atoms with van der Waals surface area (Å²) in [6, 6.07) is 16.8. The van der Waals surface area contributed by atoms with Crippen LogP contribution in [-0.2, 0) is 6.54 Å². The predicted molar refractivity (Wildman–Crippen MR) is 138 cm³/mol. The quantitative estimate of drug-likeness (QED) is 0.288. The number of benzene rings is 2. The Bertz CT molecular complexity index is 1030. The molecule has 2 heterocycles. The first kappa shape index (κ1) is 23.2. The van der Waals surface area contributed by atoms with Crippen LogP contribution in [0.2, 0.25) is 0 Å². The first-order valence-corrected chi connectivity index (χ1v) is 10.5. The number of guanidine groups is 1. The van der Waals surface area contributed by atoms with Gasteiger partial charge in [-0.05, 0) is 37.6 Å². The zero-order valence-corrected chi connectivity index (χ0v) is 20.7. The number of nitrogens with one attached hydrogen (secondary N) is 2. The van der Waals surface area contributed by atoms with Crippen LogP contribution in [0.15, 0.2) is 53.5 Å². The molecule has 1 aliphatic heterocycles. The molecule has 0 spiro atoms. The molecule has 166 valence electrons. The normalized spacial score (nSPS) is 16.3. The minimum absolute atomic E-state index is 0. The fraction of sp³-hybridized carbons (Fsp3) is 0.391. The highest BCUT2D eigenvalue weighted by molar-refractivity contribution is 14.0. The second kappa shape index (κ2) is 10.7. The Labute approximate surface area is 200 Å². The summed E-state index contributed by atoms with van der Waals surface area (Å²) in [6.45, 7) is 5.59. The molecule has 0 radical (unpaired) electrons. The number of aryl methyl sites for hydroxylation is 1. The molecule has 0 saturated carbocycles. The largest absolute Gasteiger partial charge is 0.495 e. The number of nitrogens with zero attached hydrogens (tertiary/aromatic N) is 4. The third-order valence-electron chi connectivity index (χ3n) is 5.65. The van der Waals surface area contributed by atoms with E-state index in [0.717, 1.165) is 61.3 Å². The van der Waals surface area contributed by atoms with E-state index in [-0.39, 0.29) is 24.0 Å². The van der Waals surface area contributed by atoms with E-state index in [1.54, 1.807) is 7.11 Å². The third-order valence-corrected chi connectivity index (χ3v) is 5.65. The van der Waals surface area contributed by atoms with Crippen LogP contribution in [0.3, 0.4) is 0 Å². The van der Waals surface area contributed by atoms with Gasteiger partial charge >= 0.3 is 0 Å². The van der Waals surface area contributed by atoms with Gasteiger partial charge in [0, 0.05) is 39.3 Å². The lowest BCUT2D eigenvalue weighted by Crippen LogP contribution is -2.45. The average Bonchev–Trinajstić information content (AvgIpc) is 3.37. The van der Waals surface area contributed by atoms with Gasteiger partial charge in [-0.3, -0.25) is 4.99 Å². The molecule has 8 heteroatoms. The van der Waals surface area contributed by atoms with Crippen molar-refractivity contribution in [3.63, 3.8) is 0 Å². The van der Waals surface area contributed by atoms with Gasteiger partial charge in [-0.2, -0.15) is 0 Å². The molecule has 1 saturated heterocycles. The van der Waals surface area contributed by atoms with E-state index in [1.165, 1.54) is 5.52 Å². The number of anilines is 1. The van der Waals surface area contributed by atoms with Crippen molar-refractivity contribution in [1.29, 1.82) is 0 Å². The van der Waals surface area contributed by atoms with Crippen molar-refractivity contribution in [1.82, 2.24) is 20.2 Å². The number of para-hydroxylation sites is 4. The molecule has 1 unspecified atom stereocenters. The van der Waals surface area contributed by atoms with E-state index < -0.39 is 0 Å². The molecule has 31 heavy (non-hydrogen) atoms. The Morgan fingerprint density at radius 2 is 1.97 bits per heavy atom. The Balaban J connectivity index is 0.00000272. The average molecular weight is 534 g/mol. The van der Waals surface area contributed by atoms with Crippen LogP contribution in [0.1, 0.15) is 12.2 Å². The lowest BCUT2D eigenvalue weighted by atomic mass is 10.2. The van der Waals surface area contributed by atoms with Crippen molar-refractivity contribution in [2.75, 3.05) is 38.7 Å². The van der Waals surface area contributed by atoms with Gasteiger partial charge in [-0.1, -0.05) is 24.3 Å². The van der Waals surface area contributed by atoms with Crippen molar-refractivity contribution in [3.05, 3.63) is 54.4 Å². The molecule has 2 N–H and O–H groups in total. The van der Waals surface area contributed by atoms with Gasteiger partial charge in [0.05, 0.1) is 23.8 Å². The van der Waals surface area contributed by atoms with E-state index in [2.05, 4.69) is 67.3 Å². The van der Waals surface area contributed by atoms with Crippen LogP contribution >= 0.6 is 24.0 Å². The fourth-order valence-corrected chi connectivity index (χ4v) is 4.14. The van der Waals surface area contributed by atoms with Crippen LogP contribution in [-0.4, -0.2) is 55.3 Å². The highest BCUT2D eigenvalue weighted by Gasteiger charge is 2.25. The van der Waals surface area contributed by atoms with Gasteiger partial charge in [0.15, 0.2) is 5.96 Å². The first-order valence-electron chi connectivity index (χ1n) is 10.5. The molecule has 1 aliphatic rings. The molecular weight excluding hydrogens is 503 g/mol. The number of rotatable bonds is 6. The topological polar surface area (TPSA) is 66.7 Å². The summed E-state index contributed by atoms with van der Waals surface area (Å²) in [7, 11) is 3.54. The first-order chi connectivity index (χ1) is 14.7. The van der Waals surface area contributed by atoms with Gasteiger partial charge in [-0.25, -0.2) is 4.98 Å². The second-order valence-electron chi connectivity index (χ2n) is 7.55. The summed E-state index contributed by atoms with van der Waals surface area (Å²) in [4.78, 5) is 11.4. The Kier molecular flexibility index (Phi) is 8.00. The maximum atomic E-state index is 5.52. The lowest BCUT2D eigenvalue weighted by Gasteiger charge is -2.22. The molecule has 7 nitrogen and oxygen atoms in total. The van der Waals surface area contributed by atoms with Crippen LogP contribution in [0.5, 0.6) is 5.75 Å². The summed E-state index contributed by atoms with van der Waals surface area (Å²) in [5.41, 5.74) is 3.36. The molecule has 1 fully saturated rings. The van der Waals surface area contributed by atoms with Crippen molar-refractivity contribution in [2.45, 2.75) is 25.9 Å².